The highest BCUT2D eigenvalue weighted by atomic mass is 35.5. The molecule has 0 spiro atoms. The number of methoxy groups -OCH3 is 1. The molecule has 5 rings (SSSR count). The number of carbonyl (C=O) groups is 1. The van der Waals surface area contributed by atoms with Gasteiger partial charge in [-0.1, -0.05) is 41.9 Å². The zero-order valence-electron chi connectivity index (χ0n) is 21.0. The van der Waals surface area contributed by atoms with E-state index in [0.29, 0.717) is 59.0 Å². The molecule has 1 aliphatic heterocycles. The van der Waals surface area contributed by atoms with Gasteiger partial charge in [-0.2, -0.15) is 4.37 Å². The van der Waals surface area contributed by atoms with Crippen LogP contribution in [0.3, 0.4) is 0 Å². The molecule has 6 nitrogen and oxygen atoms in total. The van der Waals surface area contributed by atoms with E-state index in [0.717, 1.165) is 22.3 Å². The number of halogens is 2. The fourth-order valence-electron chi connectivity index (χ4n) is 4.68. The first kappa shape index (κ1) is 25.4. The summed E-state index contributed by atoms with van der Waals surface area (Å²) in [5.74, 6) is 0.204. The molecule has 0 bridgehead atoms. The van der Waals surface area contributed by atoms with Gasteiger partial charge in [0.2, 0.25) is 5.91 Å². The summed E-state index contributed by atoms with van der Waals surface area (Å²) in [4.78, 5) is 18.5. The van der Waals surface area contributed by atoms with Crippen LogP contribution >= 0.6 is 23.1 Å². The van der Waals surface area contributed by atoms with Crippen LogP contribution in [-0.2, 0) is 4.79 Å². The minimum absolute atomic E-state index is 0.0138. The van der Waals surface area contributed by atoms with Crippen molar-refractivity contribution in [3.8, 4) is 16.9 Å². The van der Waals surface area contributed by atoms with Gasteiger partial charge >= 0.3 is 0 Å². The molecule has 0 atom stereocenters. The maximum atomic E-state index is 16.0. The standard InChI is InChI=1S/C28H28ClFN4O2S/c1-32(2)10-6-9-24(35)33-11-13-34(14-12-33)28-22-17-23(29)25(26(30)27(22)31-37-28)21-16-19(36-3)15-18-7-4-5-8-20(18)21/h4-9,15-17H,10-14H2,1-3H3/b9-6+. The fourth-order valence-corrected chi connectivity index (χ4v) is 5.88. The third-order valence-electron chi connectivity index (χ3n) is 6.60. The quantitative estimate of drug-likeness (QED) is 0.295. The van der Waals surface area contributed by atoms with Crippen molar-refractivity contribution in [3.63, 3.8) is 0 Å². The molecule has 0 radical (unpaired) electrons. The van der Waals surface area contributed by atoms with Crippen molar-refractivity contribution >= 4 is 55.7 Å². The van der Waals surface area contributed by atoms with Gasteiger partial charge in [0.05, 0.1) is 12.1 Å². The second-order valence-electron chi connectivity index (χ2n) is 9.30. The van der Waals surface area contributed by atoms with E-state index in [-0.39, 0.29) is 5.91 Å². The summed E-state index contributed by atoms with van der Waals surface area (Å²) in [5.41, 5.74) is 1.29. The number of piperazine rings is 1. The minimum Gasteiger partial charge on any atom is -0.497 e. The molecule has 1 amide bonds. The monoisotopic (exact) mass is 538 g/mol. The average Bonchev–Trinajstić information content (AvgIpc) is 3.32. The number of hydrogen-bond acceptors (Lipinski definition) is 6. The van der Waals surface area contributed by atoms with Gasteiger partial charge in [0.25, 0.3) is 0 Å². The largest absolute Gasteiger partial charge is 0.497 e. The van der Waals surface area contributed by atoms with E-state index in [1.807, 2.05) is 72.4 Å². The Morgan fingerprint density at radius 1 is 1.16 bits per heavy atom. The molecule has 4 aromatic rings. The van der Waals surface area contributed by atoms with Crippen LogP contribution in [0.2, 0.25) is 5.02 Å². The highest BCUT2D eigenvalue weighted by Crippen LogP contribution is 2.43. The Morgan fingerprint density at radius 3 is 2.65 bits per heavy atom. The van der Waals surface area contributed by atoms with Gasteiger partial charge in [0, 0.05) is 49.7 Å². The molecule has 2 heterocycles. The van der Waals surface area contributed by atoms with E-state index in [2.05, 4.69) is 9.27 Å². The molecule has 1 fully saturated rings. The maximum absolute atomic E-state index is 16.0. The van der Waals surface area contributed by atoms with Crippen LogP contribution in [0.25, 0.3) is 32.8 Å². The van der Waals surface area contributed by atoms with Crippen LogP contribution in [0.15, 0.2) is 54.6 Å². The number of rotatable bonds is 6. The smallest absolute Gasteiger partial charge is 0.246 e. The van der Waals surface area contributed by atoms with Crippen LogP contribution in [0, 0.1) is 5.82 Å². The summed E-state index contributed by atoms with van der Waals surface area (Å²) >= 11 is 8.02. The van der Waals surface area contributed by atoms with Crippen molar-refractivity contribution in [3.05, 3.63) is 65.5 Å². The molecule has 3 aromatic carbocycles. The maximum Gasteiger partial charge on any atom is 0.246 e. The Morgan fingerprint density at radius 2 is 1.92 bits per heavy atom. The minimum atomic E-state index is -0.441. The number of likely N-dealkylation sites (N-methyl/N-ethyl adjacent to an activating group) is 1. The number of ether oxygens (including phenoxy) is 1. The van der Waals surface area contributed by atoms with Crippen molar-refractivity contribution in [2.75, 3.05) is 58.8 Å². The van der Waals surface area contributed by atoms with E-state index in [4.69, 9.17) is 16.3 Å². The van der Waals surface area contributed by atoms with Crippen molar-refractivity contribution in [1.82, 2.24) is 14.2 Å². The predicted molar refractivity (Wildman–Crippen MR) is 151 cm³/mol. The summed E-state index contributed by atoms with van der Waals surface area (Å²) in [6.07, 6.45) is 3.51. The Bertz CT molecular complexity index is 1490. The van der Waals surface area contributed by atoms with Crippen LogP contribution in [0.5, 0.6) is 5.75 Å². The van der Waals surface area contributed by atoms with Gasteiger partial charge in [-0.15, -0.1) is 0 Å². The lowest BCUT2D eigenvalue weighted by Crippen LogP contribution is -2.48. The Labute approximate surface area is 224 Å². The lowest BCUT2D eigenvalue weighted by Gasteiger charge is -2.34. The zero-order chi connectivity index (χ0) is 26.1. The van der Waals surface area contributed by atoms with Gasteiger partial charge in [0.15, 0.2) is 5.82 Å². The number of nitrogens with zero attached hydrogens (tertiary/aromatic N) is 4. The lowest BCUT2D eigenvalue weighted by atomic mass is 9.96. The third-order valence-corrected chi connectivity index (χ3v) is 7.82. The Hall–Kier alpha value is -3.20. The summed E-state index contributed by atoms with van der Waals surface area (Å²) in [7, 11) is 5.52. The highest BCUT2D eigenvalue weighted by Gasteiger charge is 2.26. The second kappa shape index (κ2) is 10.7. The van der Waals surface area contributed by atoms with Crippen LogP contribution < -0.4 is 9.64 Å². The first-order valence-corrected chi connectivity index (χ1v) is 13.2. The molecule has 1 aromatic heterocycles. The van der Waals surface area contributed by atoms with E-state index in [1.54, 1.807) is 13.2 Å². The molecular weight excluding hydrogens is 511 g/mol. The number of fused-ring (bicyclic) bond motifs is 2. The lowest BCUT2D eigenvalue weighted by molar-refractivity contribution is -0.126. The molecule has 9 heteroatoms. The summed E-state index contributed by atoms with van der Waals surface area (Å²) in [5, 5.41) is 3.71. The first-order chi connectivity index (χ1) is 17.9. The summed E-state index contributed by atoms with van der Waals surface area (Å²) in [6, 6.07) is 13.3. The molecule has 1 saturated heterocycles. The normalized spacial score (nSPS) is 14.4. The van der Waals surface area contributed by atoms with Crippen molar-refractivity contribution in [2.24, 2.45) is 0 Å². The van der Waals surface area contributed by atoms with E-state index in [1.165, 1.54) is 11.5 Å². The van der Waals surface area contributed by atoms with E-state index < -0.39 is 5.82 Å². The topological polar surface area (TPSA) is 48.9 Å². The zero-order valence-corrected chi connectivity index (χ0v) is 22.6. The number of amides is 1. The summed E-state index contributed by atoms with van der Waals surface area (Å²) < 4.78 is 26.0. The van der Waals surface area contributed by atoms with Gasteiger partial charge in [-0.25, -0.2) is 4.39 Å². The fraction of sp³-hybridized carbons (Fsp3) is 0.286. The first-order valence-electron chi connectivity index (χ1n) is 12.1. The average molecular weight is 539 g/mol. The molecule has 0 saturated carbocycles. The number of hydrogen-bond donors (Lipinski definition) is 0. The third kappa shape index (κ3) is 5.01. The van der Waals surface area contributed by atoms with Gasteiger partial charge in [-0.05, 0) is 60.2 Å². The molecule has 0 aliphatic carbocycles. The molecule has 0 unspecified atom stereocenters. The number of carbonyl (C=O) groups excluding carboxylic acids is 1. The molecule has 37 heavy (non-hydrogen) atoms. The molecule has 0 N–H and O–H groups in total. The van der Waals surface area contributed by atoms with E-state index >= 15 is 4.39 Å². The van der Waals surface area contributed by atoms with Gasteiger partial charge in [-0.3, -0.25) is 4.79 Å². The van der Waals surface area contributed by atoms with Crippen LogP contribution in [0.4, 0.5) is 9.39 Å². The molecular formula is C28H28ClFN4O2S. The van der Waals surface area contributed by atoms with E-state index in [9.17, 15) is 4.79 Å². The molecule has 192 valence electrons. The SMILES string of the molecule is COc1cc(-c2c(Cl)cc3c(N4CCN(C(=O)/C=C/CN(C)C)CC4)snc3c2F)c2ccccc2c1. The van der Waals surface area contributed by atoms with Crippen molar-refractivity contribution in [2.45, 2.75) is 0 Å². The number of benzene rings is 3. The van der Waals surface area contributed by atoms with Crippen LogP contribution in [-0.4, -0.2) is 74.0 Å². The molecule has 1 aliphatic rings. The number of anilines is 1. The van der Waals surface area contributed by atoms with Gasteiger partial charge in [0.1, 0.15) is 16.3 Å². The second-order valence-corrected chi connectivity index (χ2v) is 10.5. The Kier molecular flexibility index (Phi) is 7.33. The summed E-state index contributed by atoms with van der Waals surface area (Å²) in [6.45, 7) is 3.19. The van der Waals surface area contributed by atoms with Crippen molar-refractivity contribution in [1.29, 1.82) is 0 Å². The number of aromatic nitrogens is 1. The van der Waals surface area contributed by atoms with Crippen LogP contribution in [0.1, 0.15) is 0 Å². The van der Waals surface area contributed by atoms with Crippen molar-refractivity contribution < 1.29 is 13.9 Å². The Balaban J connectivity index is 1.44. The predicted octanol–water partition coefficient (Wildman–Crippen LogP) is 5.68. The van der Waals surface area contributed by atoms with Gasteiger partial charge < -0.3 is 19.4 Å². The highest BCUT2D eigenvalue weighted by molar-refractivity contribution is 7.11.